The molecule has 96 valence electrons. The average Bonchev–Trinajstić information content (AvgIpc) is 2.52. The van der Waals surface area contributed by atoms with Gasteiger partial charge in [-0.2, -0.15) is 0 Å². The molecule has 1 unspecified atom stereocenters. The van der Waals surface area contributed by atoms with Gasteiger partial charge in [-0.15, -0.1) is 0 Å². The predicted molar refractivity (Wildman–Crippen MR) is 67.8 cm³/mol. The van der Waals surface area contributed by atoms with Crippen molar-refractivity contribution in [2.75, 3.05) is 24.5 Å². The van der Waals surface area contributed by atoms with E-state index in [1.54, 1.807) is 29.2 Å². The van der Waals surface area contributed by atoms with Crippen LogP contribution in [0.2, 0.25) is 5.02 Å². The van der Waals surface area contributed by atoms with Crippen LogP contribution in [-0.2, 0) is 9.59 Å². The molecule has 0 aliphatic carbocycles. The van der Waals surface area contributed by atoms with Crippen molar-refractivity contribution in [3.63, 3.8) is 0 Å². The molecule has 2 rings (SSSR count). The van der Waals surface area contributed by atoms with Gasteiger partial charge in [0.15, 0.2) is 0 Å². The van der Waals surface area contributed by atoms with E-state index in [2.05, 4.69) is 5.32 Å². The van der Waals surface area contributed by atoms with Crippen LogP contribution in [0.1, 0.15) is 0 Å². The van der Waals surface area contributed by atoms with E-state index >= 15 is 0 Å². The van der Waals surface area contributed by atoms with Crippen LogP contribution in [0.25, 0.3) is 0 Å². The molecule has 1 heterocycles. The number of benzene rings is 1. The van der Waals surface area contributed by atoms with Gasteiger partial charge in [0.1, 0.15) is 0 Å². The predicted octanol–water partition coefficient (Wildman–Crippen LogP) is 0.977. The van der Waals surface area contributed by atoms with Gasteiger partial charge in [-0.05, 0) is 24.3 Å². The minimum absolute atomic E-state index is 0.158. The Bertz CT molecular complexity index is 461. The van der Waals surface area contributed by atoms with Crippen LogP contribution in [0.15, 0.2) is 24.3 Å². The van der Waals surface area contributed by atoms with Crippen LogP contribution in [-0.4, -0.2) is 36.6 Å². The first kappa shape index (κ1) is 12.7. The minimum atomic E-state index is -0.906. The number of carboxylic acid groups (broad SMARTS) is 1. The molecule has 0 aromatic heterocycles. The van der Waals surface area contributed by atoms with Crippen molar-refractivity contribution in [3.8, 4) is 0 Å². The quantitative estimate of drug-likeness (QED) is 0.839. The van der Waals surface area contributed by atoms with Crippen molar-refractivity contribution in [2.24, 2.45) is 5.92 Å². The lowest BCUT2D eigenvalue weighted by molar-refractivity contribution is -0.141. The molecule has 1 saturated heterocycles. The Kier molecular flexibility index (Phi) is 3.72. The number of rotatable bonds is 2. The lowest BCUT2D eigenvalue weighted by Crippen LogP contribution is -2.34. The zero-order valence-electron chi connectivity index (χ0n) is 9.60. The smallest absolute Gasteiger partial charge is 0.310 e. The second kappa shape index (κ2) is 5.27. The number of nitrogens with zero attached hydrogens (tertiary/aromatic N) is 1. The summed E-state index contributed by atoms with van der Waals surface area (Å²) in [6.45, 7) is 0.624. The Labute approximate surface area is 109 Å². The van der Waals surface area contributed by atoms with Crippen molar-refractivity contribution in [3.05, 3.63) is 29.3 Å². The van der Waals surface area contributed by atoms with Crippen molar-refractivity contribution >= 4 is 29.2 Å². The Morgan fingerprint density at radius 2 is 2.06 bits per heavy atom. The molecule has 1 amide bonds. The minimum Gasteiger partial charge on any atom is -0.481 e. The summed E-state index contributed by atoms with van der Waals surface area (Å²) in [6.07, 6.45) is 0. The van der Waals surface area contributed by atoms with E-state index in [-0.39, 0.29) is 19.0 Å². The molecule has 18 heavy (non-hydrogen) atoms. The van der Waals surface area contributed by atoms with Gasteiger partial charge in [0.2, 0.25) is 5.91 Å². The molecule has 0 saturated carbocycles. The third-order valence-electron chi connectivity index (χ3n) is 2.86. The number of hydrogen-bond acceptors (Lipinski definition) is 3. The van der Waals surface area contributed by atoms with E-state index in [1.165, 1.54) is 0 Å². The monoisotopic (exact) mass is 268 g/mol. The second-order valence-electron chi connectivity index (χ2n) is 4.20. The van der Waals surface area contributed by atoms with E-state index in [4.69, 9.17) is 16.7 Å². The molecule has 1 aliphatic heterocycles. The SMILES string of the molecule is O=C1CN(c2ccc(Cl)cc2)CC(C(=O)O)CN1. The molecule has 1 atom stereocenters. The Morgan fingerprint density at radius 3 is 2.67 bits per heavy atom. The molecule has 0 radical (unpaired) electrons. The van der Waals surface area contributed by atoms with E-state index in [0.29, 0.717) is 11.6 Å². The Morgan fingerprint density at radius 1 is 1.39 bits per heavy atom. The summed E-state index contributed by atoms with van der Waals surface area (Å²) >= 11 is 5.80. The number of amides is 1. The van der Waals surface area contributed by atoms with Crippen LogP contribution >= 0.6 is 11.6 Å². The number of anilines is 1. The first-order valence-electron chi connectivity index (χ1n) is 5.56. The number of hydrogen-bond donors (Lipinski definition) is 2. The fourth-order valence-electron chi connectivity index (χ4n) is 1.88. The second-order valence-corrected chi connectivity index (χ2v) is 4.63. The molecule has 1 aromatic rings. The summed E-state index contributed by atoms with van der Waals surface area (Å²) in [5, 5.41) is 12.3. The summed E-state index contributed by atoms with van der Waals surface area (Å²) in [5.74, 6) is -1.68. The standard InChI is InChI=1S/C12H13ClN2O3/c13-9-1-3-10(4-2-9)15-6-8(12(17)18)5-14-11(16)7-15/h1-4,8H,5-7H2,(H,14,16)(H,17,18). The summed E-state index contributed by atoms with van der Waals surface area (Å²) in [5.41, 5.74) is 0.794. The molecule has 0 spiro atoms. The zero-order chi connectivity index (χ0) is 13.1. The Hall–Kier alpha value is -1.75. The highest BCUT2D eigenvalue weighted by Crippen LogP contribution is 2.20. The molecular weight excluding hydrogens is 256 g/mol. The maximum atomic E-state index is 11.5. The molecule has 1 fully saturated rings. The van der Waals surface area contributed by atoms with E-state index in [9.17, 15) is 9.59 Å². The van der Waals surface area contributed by atoms with Crippen LogP contribution in [0.4, 0.5) is 5.69 Å². The number of aliphatic carboxylic acids is 1. The topological polar surface area (TPSA) is 69.6 Å². The van der Waals surface area contributed by atoms with Gasteiger partial charge in [-0.25, -0.2) is 0 Å². The third-order valence-corrected chi connectivity index (χ3v) is 3.11. The third kappa shape index (κ3) is 2.92. The first-order valence-corrected chi connectivity index (χ1v) is 5.94. The van der Waals surface area contributed by atoms with Gasteiger partial charge in [-0.3, -0.25) is 9.59 Å². The summed E-state index contributed by atoms with van der Waals surface area (Å²) in [4.78, 5) is 24.3. The lowest BCUT2D eigenvalue weighted by Gasteiger charge is -2.23. The van der Waals surface area contributed by atoms with Crippen LogP contribution in [0.3, 0.4) is 0 Å². The summed E-state index contributed by atoms with van der Waals surface area (Å²) < 4.78 is 0. The van der Waals surface area contributed by atoms with Crippen LogP contribution in [0, 0.1) is 5.92 Å². The maximum absolute atomic E-state index is 11.5. The molecule has 2 N–H and O–H groups in total. The van der Waals surface area contributed by atoms with Crippen molar-refractivity contribution in [2.45, 2.75) is 0 Å². The average molecular weight is 269 g/mol. The van der Waals surface area contributed by atoms with E-state index in [1.807, 2.05) is 0 Å². The molecule has 6 heteroatoms. The van der Waals surface area contributed by atoms with E-state index < -0.39 is 11.9 Å². The van der Waals surface area contributed by atoms with Gasteiger partial charge in [0.05, 0.1) is 12.5 Å². The fourth-order valence-corrected chi connectivity index (χ4v) is 2.00. The number of carboxylic acids is 1. The molecule has 5 nitrogen and oxygen atoms in total. The maximum Gasteiger partial charge on any atom is 0.310 e. The highest BCUT2D eigenvalue weighted by atomic mass is 35.5. The van der Waals surface area contributed by atoms with Crippen molar-refractivity contribution < 1.29 is 14.7 Å². The number of halogens is 1. The highest BCUT2D eigenvalue weighted by Gasteiger charge is 2.26. The Balaban J connectivity index is 2.21. The first-order chi connectivity index (χ1) is 8.56. The summed E-state index contributed by atoms with van der Waals surface area (Å²) in [7, 11) is 0. The van der Waals surface area contributed by atoms with Crippen molar-refractivity contribution in [1.29, 1.82) is 0 Å². The van der Waals surface area contributed by atoms with Crippen molar-refractivity contribution in [1.82, 2.24) is 5.32 Å². The van der Waals surface area contributed by atoms with E-state index in [0.717, 1.165) is 5.69 Å². The molecule has 1 aromatic carbocycles. The van der Waals surface area contributed by atoms with Gasteiger partial charge in [0, 0.05) is 23.8 Å². The van der Waals surface area contributed by atoms with Gasteiger partial charge < -0.3 is 15.3 Å². The zero-order valence-corrected chi connectivity index (χ0v) is 10.4. The number of carbonyl (C=O) groups is 2. The molecule has 1 aliphatic rings. The van der Waals surface area contributed by atoms with Gasteiger partial charge in [0.25, 0.3) is 0 Å². The number of carbonyl (C=O) groups excluding carboxylic acids is 1. The van der Waals surface area contributed by atoms with Gasteiger partial charge in [-0.1, -0.05) is 11.6 Å². The fraction of sp³-hybridized carbons (Fsp3) is 0.333. The summed E-state index contributed by atoms with van der Waals surface area (Å²) in [6, 6.07) is 6.99. The van der Waals surface area contributed by atoms with Crippen LogP contribution in [0.5, 0.6) is 0 Å². The normalized spacial score (nSPS) is 20.2. The molecule has 0 bridgehead atoms. The highest BCUT2D eigenvalue weighted by molar-refractivity contribution is 6.30. The van der Waals surface area contributed by atoms with Crippen LogP contribution < -0.4 is 10.2 Å². The molecular formula is C12H13ClN2O3. The van der Waals surface area contributed by atoms with Gasteiger partial charge >= 0.3 is 5.97 Å². The largest absolute Gasteiger partial charge is 0.481 e. The number of nitrogens with one attached hydrogen (secondary N) is 1. The lowest BCUT2D eigenvalue weighted by atomic mass is 10.1.